The van der Waals surface area contributed by atoms with Crippen LogP contribution in [0.15, 0.2) is 45.3 Å². The summed E-state index contributed by atoms with van der Waals surface area (Å²) >= 11 is 2.95. The fourth-order valence-electron chi connectivity index (χ4n) is 3.10. The molecule has 0 aliphatic heterocycles. The summed E-state index contributed by atoms with van der Waals surface area (Å²) in [6.07, 6.45) is 1.87. The van der Waals surface area contributed by atoms with E-state index in [0.29, 0.717) is 17.9 Å². The molecule has 0 aliphatic carbocycles. The average Bonchev–Trinajstić information content (AvgIpc) is 3.48. The van der Waals surface area contributed by atoms with Gasteiger partial charge in [-0.1, -0.05) is 13.3 Å². The van der Waals surface area contributed by atoms with E-state index in [1.165, 1.54) is 23.5 Å². The number of unbranched alkanes of at least 4 members (excludes halogenated alkanes) is 1. The molecular weight excluding hydrogens is 456 g/mol. The number of primary sulfonamides is 1. The molecule has 4 rings (SSSR count). The summed E-state index contributed by atoms with van der Waals surface area (Å²) in [5, 5.41) is 11.6. The van der Waals surface area contributed by atoms with Crippen molar-refractivity contribution < 1.29 is 17.9 Å². The number of benzene rings is 1. The molecule has 0 saturated carbocycles. The number of rotatable bonds is 8. The summed E-state index contributed by atoms with van der Waals surface area (Å²) in [4.78, 5) is 21.4. The van der Waals surface area contributed by atoms with E-state index in [1.54, 1.807) is 22.8 Å². The molecule has 0 spiro atoms. The van der Waals surface area contributed by atoms with Crippen LogP contribution < -0.4 is 5.14 Å². The number of ether oxygens (including phenoxy) is 1. The second kappa shape index (κ2) is 8.87. The summed E-state index contributed by atoms with van der Waals surface area (Å²) in [5.41, 5.74) is 2.47. The lowest BCUT2D eigenvalue weighted by molar-refractivity contribution is 0.0452. The number of aromatic nitrogens is 3. The predicted octanol–water partition coefficient (Wildman–Crippen LogP) is 4.03. The molecule has 0 aliphatic rings. The highest BCUT2D eigenvalue weighted by Crippen LogP contribution is 2.26. The van der Waals surface area contributed by atoms with Gasteiger partial charge in [0.15, 0.2) is 5.69 Å². The van der Waals surface area contributed by atoms with Crippen LogP contribution >= 0.6 is 22.7 Å². The van der Waals surface area contributed by atoms with Gasteiger partial charge in [-0.3, -0.25) is 0 Å². The van der Waals surface area contributed by atoms with Crippen molar-refractivity contribution in [1.82, 2.24) is 14.5 Å². The predicted molar refractivity (Wildman–Crippen MR) is 121 cm³/mol. The van der Waals surface area contributed by atoms with E-state index in [0.717, 1.165) is 28.9 Å². The molecule has 2 N–H and O–H groups in total. The largest absolute Gasteiger partial charge is 0.453 e. The highest BCUT2D eigenvalue weighted by Gasteiger charge is 2.18. The Morgan fingerprint density at radius 1 is 1.23 bits per heavy atom. The summed E-state index contributed by atoms with van der Waals surface area (Å²) in [6, 6.07) is 6.52. The van der Waals surface area contributed by atoms with Crippen molar-refractivity contribution in [3.8, 4) is 10.6 Å². The maximum Gasteiger partial charge on any atom is 0.358 e. The minimum Gasteiger partial charge on any atom is -0.453 e. The molecule has 0 saturated heterocycles. The van der Waals surface area contributed by atoms with Gasteiger partial charge in [0.25, 0.3) is 0 Å². The number of esters is 1. The number of nitrogens with two attached hydrogens (primary N) is 1. The molecule has 3 aromatic heterocycles. The number of imidazole rings is 1. The fourth-order valence-corrected chi connectivity index (χ4v) is 5.14. The van der Waals surface area contributed by atoms with Crippen molar-refractivity contribution in [3.05, 3.63) is 51.9 Å². The highest BCUT2D eigenvalue weighted by atomic mass is 32.2. The molecule has 162 valence electrons. The normalized spacial score (nSPS) is 11.8. The highest BCUT2D eigenvalue weighted by molar-refractivity contribution is 7.89. The Kier molecular flexibility index (Phi) is 6.19. The Morgan fingerprint density at radius 2 is 2.06 bits per heavy atom. The maximum atomic E-state index is 12.5. The zero-order valence-electron chi connectivity index (χ0n) is 16.6. The van der Waals surface area contributed by atoms with Crippen LogP contribution in [0.4, 0.5) is 0 Å². The molecule has 0 fully saturated rings. The molecule has 4 aromatic rings. The third-order valence-electron chi connectivity index (χ3n) is 4.68. The molecule has 0 bridgehead atoms. The fraction of sp³-hybridized carbons (Fsp3) is 0.250. The number of sulfonamides is 1. The Bertz CT molecular complexity index is 1320. The van der Waals surface area contributed by atoms with E-state index < -0.39 is 16.0 Å². The Labute approximate surface area is 187 Å². The van der Waals surface area contributed by atoms with Gasteiger partial charge in [-0.05, 0) is 36.1 Å². The van der Waals surface area contributed by atoms with Crippen molar-refractivity contribution in [2.45, 2.75) is 37.8 Å². The first-order valence-corrected chi connectivity index (χ1v) is 12.9. The first-order chi connectivity index (χ1) is 14.9. The second-order valence-corrected chi connectivity index (χ2v) is 10.1. The third-order valence-corrected chi connectivity index (χ3v) is 7.16. The number of carbonyl (C=O) groups excluding carboxylic acids is 1. The second-order valence-electron chi connectivity index (χ2n) is 6.85. The van der Waals surface area contributed by atoms with Crippen molar-refractivity contribution in [3.63, 3.8) is 0 Å². The molecule has 31 heavy (non-hydrogen) atoms. The minimum absolute atomic E-state index is 0.00730. The van der Waals surface area contributed by atoms with Gasteiger partial charge in [0, 0.05) is 22.9 Å². The van der Waals surface area contributed by atoms with Gasteiger partial charge in [0.2, 0.25) is 10.0 Å². The van der Waals surface area contributed by atoms with E-state index in [2.05, 4.69) is 16.9 Å². The molecule has 1 aromatic carbocycles. The van der Waals surface area contributed by atoms with Gasteiger partial charge in [-0.15, -0.1) is 11.3 Å². The zero-order valence-corrected chi connectivity index (χ0v) is 19.1. The van der Waals surface area contributed by atoms with Crippen LogP contribution in [0.25, 0.3) is 21.6 Å². The first kappa shape index (κ1) is 21.6. The van der Waals surface area contributed by atoms with E-state index in [1.807, 2.05) is 21.4 Å². The number of hydrogen-bond donors (Lipinski definition) is 1. The SMILES string of the molecule is CCCCn1c(COC(=O)c2csc(-c3ccsc3)n2)nc2cc(S(N)(=O)=O)ccc21. The number of hydrogen-bond acceptors (Lipinski definition) is 8. The summed E-state index contributed by atoms with van der Waals surface area (Å²) in [7, 11) is -3.83. The Morgan fingerprint density at radius 3 is 2.77 bits per heavy atom. The van der Waals surface area contributed by atoms with Crippen LogP contribution in [0.5, 0.6) is 0 Å². The number of thiophene rings is 1. The van der Waals surface area contributed by atoms with Crippen LogP contribution in [0, 0.1) is 0 Å². The number of carbonyl (C=O) groups is 1. The quantitative estimate of drug-likeness (QED) is 0.384. The Hall–Kier alpha value is -2.60. The van der Waals surface area contributed by atoms with Crippen molar-refractivity contribution >= 4 is 49.7 Å². The summed E-state index contributed by atoms with van der Waals surface area (Å²) in [6.45, 7) is 2.70. The monoisotopic (exact) mass is 476 g/mol. The van der Waals surface area contributed by atoms with E-state index >= 15 is 0 Å². The van der Waals surface area contributed by atoms with E-state index in [4.69, 9.17) is 9.88 Å². The smallest absolute Gasteiger partial charge is 0.358 e. The van der Waals surface area contributed by atoms with Gasteiger partial charge in [-0.2, -0.15) is 11.3 Å². The number of aryl methyl sites for hydroxylation is 1. The van der Waals surface area contributed by atoms with Gasteiger partial charge in [-0.25, -0.2) is 28.3 Å². The van der Waals surface area contributed by atoms with Crippen LogP contribution in [0.3, 0.4) is 0 Å². The topological polar surface area (TPSA) is 117 Å². The molecule has 0 atom stereocenters. The summed E-state index contributed by atoms with van der Waals surface area (Å²) in [5.74, 6) is 0.00806. The van der Waals surface area contributed by atoms with Gasteiger partial charge in [0.1, 0.15) is 17.4 Å². The van der Waals surface area contributed by atoms with Gasteiger partial charge >= 0.3 is 5.97 Å². The van der Waals surface area contributed by atoms with Crippen LogP contribution in [-0.2, 0) is 27.9 Å². The van der Waals surface area contributed by atoms with E-state index in [-0.39, 0.29) is 17.2 Å². The van der Waals surface area contributed by atoms with E-state index in [9.17, 15) is 13.2 Å². The van der Waals surface area contributed by atoms with Gasteiger partial charge < -0.3 is 9.30 Å². The molecule has 0 amide bonds. The minimum atomic E-state index is -3.83. The summed E-state index contributed by atoms with van der Waals surface area (Å²) < 4.78 is 30.8. The van der Waals surface area contributed by atoms with Crippen LogP contribution in [0.2, 0.25) is 0 Å². The lowest BCUT2D eigenvalue weighted by Crippen LogP contribution is -2.12. The third kappa shape index (κ3) is 4.69. The molecule has 0 unspecified atom stereocenters. The lowest BCUT2D eigenvalue weighted by Gasteiger charge is -2.09. The molecular formula is C20H20N4O4S3. The average molecular weight is 477 g/mol. The number of thiazole rings is 1. The standard InChI is InChI=1S/C20H20N4O4S3/c1-2-3-7-24-17-5-4-14(31(21,26)27)9-15(17)22-18(24)10-28-20(25)16-12-30-19(23-16)13-6-8-29-11-13/h4-6,8-9,11-12H,2-3,7,10H2,1H3,(H2,21,26,27). The van der Waals surface area contributed by atoms with Crippen LogP contribution in [0.1, 0.15) is 36.1 Å². The lowest BCUT2D eigenvalue weighted by atomic mass is 10.3. The molecule has 0 radical (unpaired) electrons. The first-order valence-electron chi connectivity index (χ1n) is 9.54. The van der Waals surface area contributed by atoms with Crippen molar-refractivity contribution in [2.75, 3.05) is 0 Å². The molecule has 3 heterocycles. The van der Waals surface area contributed by atoms with Gasteiger partial charge in [0.05, 0.1) is 15.9 Å². The molecule has 11 heteroatoms. The molecule has 8 nitrogen and oxygen atoms in total. The zero-order chi connectivity index (χ0) is 22.0. The number of fused-ring (bicyclic) bond motifs is 1. The van der Waals surface area contributed by atoms with Crippen molar-refractivity contribution in [1.29, 1.82) is 0 Å². The van der Waals surface area contributed by atoms with Crippen LogP contribution in [-0.4, -0.2) is 28.9 Å². The number of nitrogens with zero attached hydrogens (tertiary/aromatic N) is 3. The Balaban J connectivity index is 1.57. The maximum absolute atomic E-state index is 12.5. The van der Waals surface area contributed by atoms with Crippen molar-refractivity contribution in [2.24, 2.45) is 5.14 Å².